The van der Waals surface area contributed by atoms with Crippen molar-refractivity contribution in [1.82, 2.24) is 9.29 Å². The molecule has 4 rings (SSSR count). The molecule has 0 unspecified atom stereocenters. The van der Waals surface area contributed by atoms with Gasteiger partial charge in [-0.1, -0.05) is 24.3 Å². The van der Waals surface area contributed by atoms with Gasteiger partial charge in [0.25, 0.3) is 0 Å². The summed E-state index contributed by atoms with van der Waals surface area (Å²) < 4.78 is 31.4. The van der Waals surface area contributed by atoms with Gasteiger partial charge in [-0.2, -0.15) is 0 Å². The molecule has 2 aromatic carbocycles. The number of ether oxygens (including phenoxy) is 1. The van der Waals surface area contributed by atoms with E-state index in [0.29, 0.717) is 24.6 Å². The van der Waals surface area contributed by atoms with E-state index in [1.165, 1.54) is 12.7 Å². The maximum Gasteiger partial charge on any atom is 0.216 e. The molecule has 7 heteroatoms. The predicted octanol–water partition coefficient (Wildman–Crippen LogP) is 3.80. The molecule has 1 aliphatic heterocycles. The van der Waals surface area contributed by atoms with Gasteiger partial charge < -0.3 is 9.72 Å². The normalized spacial score (nSPS) is 16.2. The number of carbonyl (C=O) groups is 1. The average Bonchev–Trinajstić information content (AvgIpc) is 3.21. The third-order valence-corrected chi connectivity index (χ3v) is 7.74. The largest absolute Gasteiger partial charge is 0.384 e. The maximum atomic E-state index is 12.4. The number of H-pyrrole nitrogens is 1. The van der Waals surface area contributed by atoms with Crippen LogP contribution in [0, 0.1) is 0 Å². The Balaban J connectivity index is 1.56. The van der Waals surface area contributed by atoms with Crippen molar-refractivity contribution >= 4 is 27.2 Å². The van der Waals surface area contributed by atoms with Crippen molar-refractivity contribution in [1.29, 1.82) is 0 Å². The highest BCUT2D eigenvalue weighted by atomic mass is 32.2. The molecule has 1 aromatic heterocycles. The minimum Gasteiger partial charge on any atom is -0.384 e. The van der Waals surface area contributed by atoms with Gasteiger partial charge >= 0.3 is 0 Å². The summed E-state index contributed by atoms with van der Waals surface area (Å²) in [7, 11) is -1.74. The van der Waals surface area contributed by atoms with Gasteiger partial charge in [0.1, 0.15) is 6.29 Å². The molecule has 0 atom stereocenters. The summed E-state index contributed by atoms with van der Waals surface area (Å²) >= 11 is 0. The van der Waals surface area contributed by atoms with Crippen molar-refractivity contribution in [2.75, 3.05) is 32.6 Å². The van der Waals surface area contributed by atoms with Crippen molar-refractivity contribution < 1.29 is 17.9 Å². The SMILES string of the molecule is COCCS(=O)(=O)N1CCC(c2c[nH]c3ccc(-c4cccc(C=O)c4)cc23)CC1. The Morgan fingerprint density at radius 2 is 1.90 bits per heavy atom. The molecule has 3 aromatic rings. The number of aromatic amines is 1. The average molecular weight is 427 g/mol. The van der Waals surface area contributed by atoms with Crippen LogP contribution >= 0.6 is 0 Å². The van der Waals surface area contributed by atoms with Crippen molar-refractivity contribution in [3.05, 3.63) is 59.8 Å². The lowest BCUT2D eigenvalue weighted by molar-refractivity contribution is 0.112. The predicted molar refractivity (Wildman–Crippen MR) is 118 cm³/mol. The summed E-state index contributed by atoms with van der Waals surface area (Å²) in [5.41, 5.74) is 5.02. The molecule has 0 bridgehead atoms. The van der Waals surface area contributed by atoms with E-state index in [4.69, 9.17) is 4.74 Å². The number of sulfonamides is 1. The van der Waals surface area contributed by atoms with Crippen LogP contribution in [0.4, 0.5) is 0 Å². The molecule has 1 fully saturated rings. The maximum absolute atomic E-state index is 12.4. The van der Waals surface area contributed by atoms with Crippen LogP contribution in [0.3, 0.4) is 0 Å². The molecular formula is C23H26N2O4S. The van der Waals surface area contributed by atoms with Crippen LogP contribution in [0.25, 0.3) is 22.0 Å². The highest BCUT2D eigenvalue weighted by Gasteiger charge is 2.29. The highest BCUT2D eigenvalue weighted by molar-refractivity contribution is 7.89. The second-order valence-electron chi connectivity index (χ2n) is 7.73. The van der Waals surface area contributed by atoms with Crippen LogP contribution in [0.15, 0.2) is 48.7 Å². The van der Waals surface area contributed by atoms with Gasteiger partial charge in [-0.15, -0.1) is 0 Å². The standard InChI is InChI=1S/C23H26N2O4S/c1-29-11-12-30(27,28)25-9-7-18(8-10-25)22-15-24-23-6-5-20(14-21(22)23)19-4-2-3-17(13-19)16-26/h2-6,13-16,18,24H,7-12H2,1H3. The monoisotopic (exact) mass is 426 g/mol. The van der Waals surface area contributed by atoms with Crippen LogP contribution in [0.5, 0.6) is 0 Å². The Hall–Kier alpha value is -2.48. The second kappa shape index (κ2) is 8.71. The van der Waals surface area contributed by atoms with Crippen LogP contribution < -0.4 is 0 Å². The lowest BCUT2D eigenvalue weighted by Gasteiger charge is -2.31. The van der Waals surface area contributed by atoms with E-state index >= 15 is 0 Å². The number of rotatable bonds is 7. The summed E-state index contributed by atoms with van der Waals surface area (Å²) in [6, 6.07) is 13.9. The van der Waals surface area contributed by atoms with Crippen molar-refractivity contribution in [2.45, 2.75) is 18.8 Å². The Bertz CT molecular complexity index is 1140. The van der Waals surface area contributed by atoms with Gasteiger partial charge in [0.2, 0.25) is 10.0 Å². The van der Waals surface area contributed by atoms with Gasteiger partial charge in [0.05, 0.1) is 12.4 Å². The zero-order valence-electron chi connectivity index (χ0n) is 17.0. The zero-order valence-corrected chi connectivity index (χ0v) is 17.8. The van der Waals surface area contributed by atoms with Crippen LogP contribution in [-0.4, -0.2) is 56.6 Å². The summed E-state index contributed by atoms with van der Waals surface area (Å²) in [5, 5.41) is 1.16. The van der Waals surface area contributed by atoms with E-state index in [2.05, 4.69) is 29.4 Å². The van der Waals surface area contributed by atoms with E-state index in [0.717, 1.165) is 41.2 Å². The van der Waals surface area contributed by atoms with E-state index in [1.54, 1.807) is 10.4 Å². The third kappa shape index (κ3) is 4.19. The minimum absolute atomic E-state index is 0.0322. The van der Waals surface area contributed by atoms with Crippen LogP contribution in [-0.2, 0) is 14.8 Å². The molecule has 6 nitrogen and oxygen atoms in total. The highest BCUT2D eigenvalue weighted by Crippen LogP contribution is 2.35. The number of piperidine rings is 1. The van der Waals surface area contributed by atoms with E-state index < -0.39 is 10.0 Å². The number of fused-ring (bicyclic) bond motifs is 1. The first-order chi connectivity index (χ1) is 14.5. The molecule has 0 amide bonds. The number of aldehydes is 1. The molecule has 1 saturated heterocycles. The van der Waals surface area contributed by atoms with Crippen molar-refractivity contribution in [3.8, 4) is 11.1 Å². The van der Waals surface area contributed by atoms with Gasteiger partial charge in [-0.05, 0) is 53.6 Å². The van der Waals surface area contributed by atoms with Gasteiger partial charge in [0.15, 0.2) is 0 Å². The van der Waals surface area contributed by atoms with Crippen molar-refractivity contribution in [3.63, 3.8) is 0 Å². The fourth-order valence-electron chi connectivity index (χ4n) is 4.21. The number of aromatic nitrogens is 1. The van der Waals surface area contributed by atoms with E-state index in [9.17, 15) is 13.2 Å². The summed E-state index contributed by atoms with van der Waals surface area (Å²) in [4.78, 5) is 14.5. The third-order valence-electron chi connectivity index (χ3n) is 5.90. The first kappa shape index (κ1) is 20.8. The summed E-state index contributed by atoms with van der Waals surface area (Å²) in [6.07, 6.45) is 4.50. The number of benzene rings is 2. The van der Waals surface area contributed by atoms with E-state index in [1.807, 2.05) is 18.2 Å². The number of nitrogens with zero attached hydrogens (tertiary/aromatic N) is 1. The Labute approximate surface area is 176 Å². The van der Waals surface area contributed by atoms with E-state index in [-0.39, 0.29) is 12.4 Å². The van der Waals surface area contributed by atoms with Gasteiger partial charge in [-0.3, -0.25) is 4.79 Å². The van der Waals surface area contributed by atoms with Gasteiger partial charge in [-0.25, -0.2) is 12.7 Å². The molecule has 1 N–H and O–H groups in total. The molecule has 0 aliphatic carbocycles. The molecule has 0 radical (unpaired) electrons. The van der Waals surface area contributed by atoms with Gasteiger partial charge in [0, 0.05) is 42.9 Å². The summed E-state index contributed by atoms with van der Waals surface area (Å²) in [6.45, 7) is 1.29. The lowest BCUT2D eigenvalue weighted by Crippen LogP contribution is -2.39. The number of nitrogens with one attached hydrogen (secondary N) is 1. The molecule has 1 aliphatic rings. The summed E-state index contributed by atoms with van der Waals surface area (Å²) in [5.74, 6) is 0.342. The topological polar surface area (TPSA) is 79.5 Å². The fourth-order valence-corrected chi connectivity index (χ4v) is 5.62. The molecule has 158 valence electrons. The number of carbonyl (C=O) groups excluding carboxylic acids is 1. The Morgan fingerprint density at radius 1 is 1.13 bits per heavy atom. The minimum atomic E-state index is -3.26. The van der Waals surface area contributed by atoms with Crippen LogP contribution in [0.2, 0.25) is 0 Å². The van der Waals surface area contributed by atoms with Crippen LogP contribution in [0.1, 0.15) is 34.7 Å². The quantitative estimate of drug-likeness (QED) is 0.583. The number of hydrogen-bond acceptors (Lipinski definition) is 4. The first-order valence-corrected chi connectivity index (χ1v) is 11.8. The van der Waals surface area contributed by atoms with Crippen molar-refractivity contribution in [2.24, 2.45) is 0 Å². The molecule has 0 spiro atoms. The smallest absolute Gasteiger partial charge is 0.216 e. The number of hydrogen-bond donors (Lipinski definition) is 1. The number of methoxy groups -OCH3 is 1. The lowest BCUT2D eigenvalue weighted by atomic mass is 9.89. The fraction of sp³-hybridized carbons (Fsp3) is 0.348. The Kier molecular flexibility index (Phi) is 6.04. The molecular weight excluding hydrogens is 400 g/mol. The first-order valence-electron chi connectivity index (χ1n) is 10.2. The molecule has 2 heterocycles. The molecule has 30 heavy (non-hydrogen) atoms. The Morgan fingerprint density at radius 3 is 2.63 bits per heavy atom. The second-order valence-corrected chi connectivity index (χ2v) is 9.82. The zero-order chi connectivity index (χ0) is 21.1. The molecule has 0 saturated carbocycles.